The highest BCUT2D eigenvalue weighted by Crippen LogP contribution is 2.41. The number of nitrogens with one attached hydrogen (secondary N) is 2. The third kappa shape index (κ3) is 4.79. The largest absolute Gasteiger partial charge is 0.322 e. The molecule has 1 amide bonds. The van der Waals surface area contributed by atoms with Crippen LogP contribution in [0.1, 0.15) is 58.8 Å². The zero-order valence-corrected chi connectivity index (χ0v) is 19.3. The maximum atomic E-state index is 12.6. The number of hydrogen-bond acceptors (Lipinski definition) is 4. The lowest BCUT2D eigenvalue weighted by atomic mass is 10.1. The number of carbonyl (C=O) groups is 1. The summed E-state index contributed by atoms with van der Waals surface area (Å²) in [5, 5.41) is 8.04. The second-order valence-electron chi connectivity index (χ2n) is 8.67. The molecule has 1 fully saturated rings. The van der Waals surface area contributed by atoms with Gasteiger partial charge >= 0.3 is 0 Å². The summed E-state index contributed by atoms with van der Waals surface area (Å²) in [6.07, 6.45) is 8.00. The van der Waals surface area contributed by atoms with Crippen LogP contribution in [0.3, 0.4) is 0 Å². The summed E-state index contributed by atoms with van der Waals surface area (Å²) in [7, 11) is 0.655. The van der Waals surface area contributed by atoms with Crippen LogP contribution >= 0.6 is 8.58 Å². The van der Waals surface area contributed by atoms with E-state index in [1.54, 1.807) is 12.4 Å². The minimum Gasteiger partial charge on any atom is -0.322 e. The Morgan fingerprint density at radius 1 is 1.12 bits per heavy atom. The lowest BCUT2D eigenvalue weighted by Crippen LogP contribution is -2.32. The zero-order valence-electron chi connectivity index (χ0n) is 18.3. The number of aryl methyl sites for hydroxylation is 1. The van der Waals surface area contributed by atoms with Crippen LogP contribution in [-0.4, -0.2) is 22.9 Å². The molecule has 32 heavy (non-hydrogen) atoms. The third-order valence-corrected chi connectivity index (χ3v) is 7.29. The Bertz CT molecular complexity index is 1190. The first-order valence-corrected chi connectivity index (χ1v) is 12.2. The van der Waals surface area contributed by atoms with Crippen LogP contribution in [0.15, 0.2) is 65.9 Å². The predicted octanol–water partition coefficient (Wildman–Crippen LogP) is 5.22. The van der Waals surface area contributed by atoms with E-state index in [0.29, 0.717) is 14.1 Å². The average Bonchev–Trinajstić information content (AvgIpc) is 3.64. The van der Waals surface area contributed by atoms with Crippen molar-refractivity contribution in [3.63, 3.8) is 0 Å². The van der Waals surface area contributed by atoms with Gasteiger partial charge < -0.3 is 5.32 Å². The zero-order chi connectivity index (χ0) is 22.1. The van der Waals surface area contributed by atoms with Crippen molar-refractivity contribution in [2.24, 2.45) is 4.99 Å². The summed E-state index contributed by atoms with van der Waals surface area (Å²) < 4.78 is 0. The molecule has 0 spiro atoms. The van der Waals surface area contributed by atoms with Crippen molar-refractivity contribution in [2.75, 3.05) is 5.32 Å². The summed E-state index contributed by atoms with van der Waals surface area (Å²) in [5.41, 5.74) is 6.00. The van der Waals surface area contributed by atoms with Crippen LogP contribution in [0.2, 0.25) is 0 Å². The maximum Gasteiger partial charge on any atom is 0.257 e. The summed E-state index contributed by atoms with van der Waals surface area (Å²) in [6, 6.07) is 16.7. The summed E-state index contributed by atoms with van der Waals surface area (Å²) in [5.74, 6) is 0.821. The fourth-order valence-corrected chi connectivity index (χ4v) is 5.39. The van der Waals surface area contributed by atoms with E-state index >= 15 is 0 Å². The van der Waals surface area contributed by atoms with Gasteiger partial charge in [0.2, 0.25) is 0 Å². The molecule has 5 nitrogen and oxygen atoms in total. The molecular formula is C26H27N4OP. The van der Waals surface area contributed by atoms with Gasteiger partial charge in [-0.3, -0.25) is 20.1 Å². The Balaban J connectivity index is 1.25. The number of hydrogen-bond donors (Lipinski definition) is 2. The van der Waals surface area contributed by atoms with Crippen LogP contribution in [0.25, 0.3) is 0 Å². The highest BCUT2D eigenvalue weighted by molar-refractivity contribution is 7.49. The molecule has 3 unspecified atom stereocenters. The van der Waals surface area contributed by atoms with Gasteiger partial charge in [-0.25, -0.2) is 0 Å². The molecule has 0 radical (unpaired) electrons. The Hall–Kier alpha value is -2.88. The van der Waals surface area contributed by atoms with E-state index in [0.717, 1.165) is 28.4 Å². The van der Waals surface area contributed by atoms with Gasteiger partial charge in [-0.1, -0.05) is 26.8 Å². The number of carbonyl (C=O) groups excluding carboxylic acids is 1. The van der Waals surface area contributed by atoms with Gasteiger partial charge in [0.25, 0.3) is 5.91 Å². The standard InChI is InChI=1S/C26H27N4OP/c1-16-10-21(14-27-13-16)26(31)30-22-5-3-4-19(11-22)17(2)29-25-15-28-23-9-8-20(18-6-7-18)12-24(23)32-25/h3-5,8-15,17-18,25,29,32H,6-7H2,1-2H3,(H,30,31). The fourth-order valence-electron chi connectivity index (χ4n) is 4.03. The summed E-state index contributed by atoms with van der Waals surface area (Å²) >= 11 is 0. The van der Waals surface area contributed by atoms with Crippen molar-refractivity contribution < 1.29 is 4.79 Å². The summed E-state index contributed by atoms with van der Waals surface area (Å²) in [4.78, 5) is 21.4. The molecule has 162 valence electrons. The molecule has 2 heterocycles. The first-order chi connectivity index (χ1) is 15.5. The Morgan fingerprint density at radius 3 is 2.81 bits per heavy atom. The fraction of sp³-hybridized carbons (Fsp3) is 0.269. The molecule has 5 rings (SSSR count). The normalized spacial score (nSPS) is 18.9. The highest BCUT2D eigenvalue weighted by atomic mass is 31.1. The number of pyridine rings is 1. The van der Waals surface area contributed by atoms with E-state index in [2.05, 4.69) is 46.8 Å². The molecule has 3 aromatic rings. The number of aliphatic imine (C=N–C) groups is 1. The maximum absolute atomic E-state index is 12.6. The number of nitrogens with zero attached hydrogens (tertiary/aromatic N) is 2. The van der Waals surface area contributed by atoms with Crippen LogP contribution in [0.5, 0.6) is 0 Å². The smallest absolute Gasteiger partial charge is 0.257 e. The number of benzene rings is 2. The monoisotopic (exact) mass is 442 g/mol. The van der Waals surface area contributed by atoms with Gasteiger partial charge in [-0.15, -0.1) is 0 Å². The molecule has 6 heteroatoms. The molecule has 0 bridgehead atoms. The van der Waals surface area contributed by atoms with E-state index in [1.807, 2.05) is 37.4 Å². The molecule has 1 aliphatic carbocycles. The predicted molar refractivity (Wildman–Crippen MR) is 133 cm³/mol. The second kappa shape index (κ2) is 8.93. The van der Waals surface area contributed by atoms with Gasteiger partial charge in [0.1, 0.15) is 0 Å². The molecule has 1 aromatic heterocycles. The molecule has 2 aromatic carbocycles. The quantitative estimate of drug-likeness (QED) is 0.515. The van der Waals surface area contributed by atoms with Crippen molar-refractivity contribution in [1.82, 2.24) is 10.3 Å². The van der Waals surface area contributed by atoms with E-state index in [1.165, 1.54) is 23.7 Å². The number of rotatable bonds is 6. The first-order valence-electron chi connectivity index (χ1n) is 11.1. The molecule has 2 aliphatic rings. The Morgan fingerprint density at radius 2 is 2.00 bits per heavy atom. The number of anilines is 1. The van der Waals surface area contributed by atoms with Crippen molar-refractivity contribution in [3.05, 3.63) is 83.2 Å². The molecule has 0 saturated heterocycles. The molecule has 1 saturated carbocycles. The summed E-state index contributed by atoms with van der Waals surface area (Å²) in [6.45, 7) is 4.08. The van der Waals surface area contributed by atoms with Gasteiger partial charge in [0, 0.05) is 35.6 Å². The Labute approximate surface area is 190 Å². The first kappa shape index (κ1) is 21.0. The number of fused-ring (bicyclic) bond motifs is 1. The SMILES string of the molecule is Cc1cncc(C(=O)Nc2cccc(C(C)NC3C=Nc4ccc(C5CC5)cc4P3)c2)c1. The Kier molecular flexibility index (Phi) is 5.86. The lowest BCUT2D eigenvalue weighted by Gasteiger charge is -2.24. The van der Waals surface area contributed by atoms with Gasteiger partial charge in [0.15, 0.2) is 0 Å². The van der Waals surface area contributed by atoms with Crippen LogP contribution in [0.4, 0.5) is 11.4 Å². The van der Waals surface area contributed by atoms with Crippen LogP contribution in [0, 0.1) is 6.92 Å². The van der Waals surface area contributed by atoms with E-state index in [-0.39, 0.29) is 17.7 Å². The van der Waals surface area contributed by atoms with Crippen LogP contribution in [-0.2, 0) is 0 Å². The minimum atomic E-state index is -0.150. The van der Waals surface area contributed by atoms with Crippen molar-refractivity contribution >= 4 is 37.4 Å². The second-order valence-corrected chi connectivity index (χ2v) is 10.1. The van der Waals surface area contributed by atoms with Crippen LogP contribution < -0.4 is 15.9 Å². The number of aromatic nitrogens is 1. The van der Waals surface area contributed by atoms with E-state index < -0.39 is 0 Å². The lowest BCUT2D eigenvalue weighted by molar-refractivity contribution is 0.102. The van der Waals surface area contributed by atoms with Crippen molar-refractivity contribution in [2.45, 2.75) is 44.4 Å². The average molecular weight is 443 g/mol. The molecule has 1 aliphatic heterocycles. The van der Waals surface area contributed by atoms with Gasteiger partial charge in [0.05, 0.1) is 17.0 Å². The van der Waals surface area contributed by atoms with Gasteiger partial charge in [-0.2, -0.15) is 0 Å². The molecular weight excluding hydrogens is 415 g/mol. The van der Waals surface area contributed by atoms with Crippen molar-refractivity contribution in [1.29, 1.82) is 0 Å². The number of amides is 1. The van der Waals surface area contributed by atoms with E-state index in [9.17, 15) is 4.79 Å². The van der Waals surface area contributed by atoms with Gasteiger partial charge in [-0.05, 0) is 79.6 Å². The van der Waals surface area contributed by atoms with Crippen molar-refractivity contribution in [3.8, 4) is 0 Å². The topological polar surface area (TPSA) is 66.4 Å². The molecule has 3 atom stereocenters. The minimum absolute atomic E-state index is 0.129. The third-order valence-electron chi connectivity index (χ3n) is 5.95. The highest BCUT2D eigenvalue weighted by Gasteiger charge is 2.25. The van der Waals surface area contributed by atoms with E-state index in [4.69, 9.17) is 4.99 Å². The molecule has 2 N–H and O–H groups in total.